The van der Waals surface area contributed by atoms with Gasteiger partial charge >= 0.3 is 0 Å². The SMILES string of the molecule is O=CN(Br)CCCCC(F)F. The summed E-state index contributed by atoms with van der Waals surface area (Å²) in [6.07, 6.45) is -0.640. The van der Waals surface area contributed by atoms with Gasteiger partial charge in [0, 0.05) is 13.0 Å². The van der Waals surface area contributed by atoms with E-state index >= 15 is 0 Å². The van der Waals surface area contributed by atoms with Crippen LogP contribution in [0.25, 0.3) is 0 Å². The minimum absolute atomic E-state index is 0.0836. The quantitative estimate of drug-likeness (QED) is 0.389. The molecule has 11 heavy (non-hydrogen) atoms. The minimum Gasteiger partial charge on any atom is -0.282 e. The Labute approximate surface area is 72.9 Å². The van der Waals surface area contributed by atoms with Gasteiger partial charge in [-0.2, -0.15) is 0 Å². The first-order valence-corrected chi connectivity index (χ1v) is 4.03. The van der Waals surface area contributed by atoms with Crippen molar-refractivity contribution < 1.29 is 13.6 Å². The highest BCUT2D eigenvalue weighted by Crippen LogP contribution is 2.06. The van der Waals surface area contributed by atoms with Crippen LogP contribution in [-0.4, -0.2) is 23.3 Å². The van der Waals surface area contributed by atoms with Crippen molar-refractivity contribution in [2.24, 2.45) is 0 Å². The Hall–Kier alpha value is -0.190. The van der Waals surface area contributed by atoms with E-state index in [1.165, 1.54) is 3.93 Å². The van der Waals surface area contributed by atoms with Gasteiger partial charge in [0.05, 0.1) is 16.1 Å². The Morgan fingerprint density at radius 2 is 2.09 bits per heavy atom. The van der Waals surface area contributed by atoms with Gasteiger partial charge in [0.2, 0.25) is 12.8 Å². The van der Waals surface area contributed by atoms with Crippen LogP contribution in [0.3, 0.4) is 0 Å². The van der Waals surface area contributed by atoms with Crippen molar-refractivity contribution in [1.29, 1.82) is 0 Å². The molecule has 0 spiro atoms. The van der Waals surface area contributed by atoms with Crippen molar-refractivity contribution in [2.45, 2.75) is 25.7 Å². The van der Waals surface area contributed by atoms with E-state index in [2.05, 4.69) is 16.1 Å². The summed E-state index contributed by atoms with van der Waals surface area (Å²) in [6, 6.07) is 0. The lowest BCUT2D eigenvalue weighted by Gasteiger charge is -2.06. The number of hydrogen-bond donors (Lipinski definition) is 0. The summed E-state index contributed by atoms with van der Waals surface area (Å²) in [4.78, 5) is 9.96. The molecular formula is C6H10BrF2NO. The van der Waals surface area contributed by atoms with E-state index in [-0.39, 0.29) is 6.42 Å². The fourth-order valence-electron chi connectivity index (χ4n) is 0.614. The highest BCUT2D eigenvalue weighted by Gasteiger charge is 2.02. The Kier molecular flexibility index (Phi) is 6.40. The van der Waals surface area contributed by atoms with E-state index in [0.29, 0.717) is 25.8 Å². The second kappa shape index (κ2) is 6.52. The summed E-state index contributed by atoms with van der Waals surface area (Å²) < 4.78 is 24.4. The summed E-state index contributed by atoms with van der Waals surface area (Å²) >= 11 is 2.92. The number of carbonyl (C=O) groups excluding carboxylic acids is 1. The third kappa shape index (κ3) is 7.71. The Bertz CT molecular complexity index is 113. The summed E-state index contributed by atoms with van der Waals surface area (Å²) in [6.45, 7) is 0.482. The molecule has 0 unspecified atom stereocenters. The highest BCUT2D eigenvalue weighted by atomic mass is 79.9. The van der Waals surface area contributed by atoms with Crippen LogP contribution in [-0.2, 0) is 4.79 Å². The number of unbranched alkanes of at least 4 members (excludes halogenated alkanes) is 1. The number of amides is 1. The maximum atomic E-state index is 11.5. The summed E-state index contributed by atoms with van der Waals surface area (Å²) in [5, 5.41) is 0. The van der Waals surface area contributed by atoms with Crippen molar-refractivity contribution in [3.63, 3.8) is 0 Å². The van der Waals surface area contributed by atoms with E-state index in [1.54, 1.807) is 0 Å². The molecule has 66 valence electrons. The molecule has 0 aliphatic heterocycles. The molecular weight excluding hydrogens is 220 g/mol. The topological polar surface area (TPSA) is 20.3 Å². The lowest BCUT2D eigenvalue weighted by molar-refractivity contribution is -0.113. The third-order valence-electron chi connectivity index (χ3n) is 1.16. The number of alkyl halides is 2. The van der Waals surface area contributed by atoms with Gasteiger partial charge in [0.25, 0.3) is 0 Å². The van der Waals surface area contributed by atoms with Crippen LogP contribution in [0.15, 0.2) is 0 Å². The molecule has 5 heteroatoms. The van der Waals surface area contributed by atoms with Gasteiger partial charge < -0.3 is 0 Å². The molecule has 0 aliphatic rings. The van der Waals surface area contributed by atoms with Crippen LogP contribution in [0, 0.1) is 0 Å². The van der Waals surface area contributed by atoms with Gasteiger partial charge in [-0.05, 0) is 12.8 Å². The highest BCUT2D eigenvalue weighted by molar-refractivity contribution is 9.07. The molecule has 0 aromatic rings. The van der Waals surface area contributed by atoms with Crippen LogP contribution in [0.5, 0.6) is 0 Å². The van der Waals surface area contributed by atoms with Gasteiger partial charge in [0.1, 0.15) is 0 Å². The first-order chi connectivity index (χ1) is 5.16. The molecule has 0 rings (SSSR count). The largest absolute Gasteiger partial charge is 0.282 e. The smallest absolute Gasteiger partial charge is 0.238 e. The van der Waals surface area contributed by atoms with Crippen LogP contribution in [0.4, 0.5) is 8.78 Å². The molecule has 1 amide bonds. The van der Waals surface area contributed by atoms with Crippen LogP contribution >= 0.6 is 16.1 Å². The monoisotopic (exact) mass is 229 g/mol. The van der Waals surface area contributed by atoms with Crippen LogP contribution in [0.1, 0.15) is 19.3 Å². The number of nitrogens with zero attached hydrogens (tertiary/aromatic N) is 1. The predicted octanol–water partition coefficient (Wildman–Crippen LogP) is 2.19. The van der Waals surface area contributed by atoms with Crippen LogP contribution in [0.2, 0.25) is 0 Å². The first-order valence-electron chi connectivity index (χ1n) is 3.32. The molecule has 0 aromatic heterocycles. The Morgan fingerprint density at radius 3 is 2.55 bits per heavy atom. The van der Waals surface area contributed by atoms with Crippen molar-refractivity contribution in [2.75, 3.05) is 6.54 Å². The number of halogens is 3. The molecule has 2 nitrogen and oxygen atoms in total. The average molecular weight is 230 g/mol. The Balaban J connectivity index is 3.07. The number of hydrogen-bond acceptors (Lipinski definition) is 1. The molecule has 0 radical (unpaired) electrons. The average Bonchev–Trinajstić information content (AvgIpc) is 1.97. The lowest BCUT2D eigenvalue weighted by Crippen LogP contribution is -2.10. The molecule has 0 fully saturated rings. The molecule has 0 N–H and O–H groups in total. The first kappa shape index (κ1) is 10.8. The van der Waals surface area contributed by atoms with E-state index < -0.39 is 6.43 Å². The third-order valence-corrected chi connectivity index (χ3v) is 1.68. The molecule has 0 saturated heterocycles. The van der Waals surface area contributed by atoms with Gasteiger partial charge in [0.15, 0.2) is 0 Å². The van der Waals surface area contributed by atoms with Crippen molar-refractivity contribution in [1.82, 2.24) is 3.93 Å². The van der Waals surface area contributed by atoms with Crippen LogP contribution < -0.4 is 0 Å². The van der Waals surface area contributed by atoms with Gasteiger partial charge in [-0.3, -0.25) is 8.72 Å². The second-order valence-corrected chi connectivity index (χ2v) is 3.03. The molecule has 0 bridgehead atoms. The molecule has 0 aromatic carbocycles. The lowest BCUT2D eigenvalue weighted by atomic mass is 10.2. The van der Waals surface area contributed by atoms with Crippen molar-refractivity contribution >= 4 is 22.6 Å². The zero-order chi connectivity index (χ0) is 8.69. The van der Waals surface area contributed by atoms with E-state index in [4.69, 9.17) is 0 Å². The number of rotatable bonds is 6. The zero-order valence-electron chi connectivity index (χ0n) is 5.97. The fourth-order valence-corrected chi connectivity index (χ4v) is 0.865. The van der Waals surface area contributed by atoms with Gasteiger partial charge in [-0.25, -0.2) is 8.78 Å². The molecule has 0 heterocycles. The molecule has 0 saturated carbocycles. The standard InChI is InChI=1S/C6H10BrF2NO/c7-10(5-11)4-2-1-3-6(8)9/h5-6H,1-4H2. The second-order valence-electron chi connectivity index (χ2n) is 2.12. The summed E-state index contributed by atoms with van der Waals surface area (Å²) in [7, 11) is 0. The molecule has 0 aliphatic carbocycles. The zero-order valence-corrected chi connectivity index (χ0v) is 7.56. The maximum Gasteiger partial charge on any atom is 0.238 e. The Morgan fingerprint density at radius 1 is 1.45 bits per heavy atom. The molecule has 0 atom stereocenters. The van der Waals surface area contributed by atoms with Gasteiger partial charge in [-0.1, -0.05) is 0 Å². The summed E-state index contributed by atoms with van der Waals surface area (Å²) in [5.41, 5.74) is 0. The van der Waals surface area contributed by atoms with E-state index in [9.17, 15) is 13.6 Å². The van der Waals surface area contributed by atoms with Crippen molar-refractivity contribution in [3.8, 4) is 0 Å². The van der Waals surface area contributed by atoms with Crippen molar-refractivity contribution in [3.05, 3.63) is 0 Å². The van der Waals surface area contributed by atoms with E-state index in [0.717, 1.165) is 0 Å². The fraction of sp³-hybridized carbons (Fsp3) is 0.833. The normalized spacial score (nSPS) is 10.2. The van der Waals surface area contributed by atoms with E-state index in [1.807, 2.05) is 0 Å². The predicted molar refractivity (Wildman–Crippen MR) is 41.6 cm³/mol. The maximum absolute atomic E-state index is 11.5. The number of carbonyl (C=O) groups is 1. The summed E-state index contributed by atoms with van der Waals surface area (Å²) in [5.74, 6) is 0. The van der Waals surface area contributed by atoms with Gasteiger partial charge in [-0.15, -0.1) is 0 Å². The minimum atomic E-state index is -2.23.